The van der Waals surface area contributed by atoms with E-state index < -0.39 is 17.7 Å². The molecule has 4 aliphatic carbocycles. The number of ether oxygens (including phenoxy) is 1. The van der Waals surface area contributed by atoms with Crippen molar-refractivity contribution in [3.63, 3.8) is 0 Å². The molecule has 4 bridgehead atoms. The van der Waals surface area contributed by atoms with E-state index in [0.29, 0.717) is 29.7 Å². The van der Waals surface area contributed by atoms with Gasteiger partial charge in [-0.05, 0) is 116 Å². The highest BCUT2D eigenvalue weighted by molar-refractivity contribution is 5.87. The number of benzene rings is 2. The number of aryl methyl sites for hydroxylation is 1. The van der Waals surface area contributed by atoms with Crippen LogP contribution in [0, 0.1) is 17.8 Å². The molecule has 4 aliphatic rings. The van der Waals surface area contributed by atoms with Crippen LogP contribution in [0.4, 0.5) is 13.2 Å². The Hall–Kier alpha value is -3.02. The van der Waals surface area contributed by atoms with Gasteiger partial charge in [-0.3, -0.25) is 0 Å². The molecule has 3 nitrogen and oxygen atoms in total. The fourth-order valence-electron chi connectivity index (χ4n) is 7.40. The minimum atomic E-state index is -4.46. The largest absolute Gasteiger partial charge is 0.508 e. The van der Waals surface area contributed by atoms with Crippen molar-refractivity contribution in [3.05, 3.63) is 82.9 Å². The Morgan fingerprint density at radius 2 is 1.70 bits per heavy atom. The average molecular weight is 511 g/mol. The summed E-state index contributed by atoms with van der Waals surface area (Å²) in [7, 11) is 1.25. The van der Waals surface area contributed by atoms with Crippen LogP contribution in [-0.4, -0.2) is 18.2 Å². The summed E-state index contributed by atoms with van der Waals surface area (Å²) in [5, 5.41) is 11.0. The van der Waals surface area contributed by atoms with Gasteiger partial charge in [0.1, 0.15) is 5.75 Å². The Morgan fingerprint density at radius 1 is 1.03 bits per heavy atom. The number of methoxy groups -OCH3 is 1. The standard InChI is InChI=1S/C31H33F3O3/c1-37-29(36)11-9-24(25-6-3-7-26(16-25)31(32,33)34)5-2-4-20-8-10-27(28(35)15-20)30-17-21-12-22(18-30)14-23(13-21)19-30/h3,5-11,15-16,21-23,35H,2,4,12-14,17-19H2,1H3/b11-9+,24-5-. The van der Waals surface area contributed by atoms with Gasteiger partial charge in [-0.1, -0.05) is 30.3 Å². The van der Waals surface area contributed by atoms with Crippen molar-refractivity contribution in [1.29, 1.82) is 0 Å². The first kappa shape index (κ1) is 25.6. The van der Waals surface area contributed by atoms with Crippen LogP contribution in [-0.2, 0) is 27.5 Å². The molecule has 2 aromatic rings. The third-order valence-corrected chi connectivity index (χ3v) is 8.59. The van der Waals surface area contributed by atoms with Gasteiger partial charge in [0.05, 0.1) is 12.7 Å². The number of hydrogen-bond acceptors (Lipinski definition) is 3. The van der Waals surface area contributed by atoms with E-state index in [2.05, 4.69) is 16.9 Å². The zero-order valence-electron chi connectivity index (χ0n) is 21.1. The van der Waals surface area contributed by atoms with E-state index in [1.54, 1.807) is 6.07 Å². The van der Waals surface area contributed by atoms with Gasteiger partial charge < -0.3 is 9.84 Å². The number of esters is 1. The highest BCUT2D eigenvalue weighted by atomic mass is 19.4. The summed E-state index contributed by atoms with van der Waals surface area (Å²) in [5.41, 5.74) is 2.32. The lowest BCUT2D eigenvalue weighted by molar-refractivity contribution is -0.137. The van der Waals surface area contributed by atoms with Crippen LogP contribution in [0.5, 0.6) is 5.75 Å². The Kier molecular flexibility index (Phi) is 6.95. The fraction of sp³-hybridized carbons (Fsp3) is 0.452. The molecule has 6 heteroatoms. The number of rotatable bonds is 7. The molecule has 2 aromatic carbocycles. The van der Waals surface area contributed by atoms with Crippen molar-refractivity contribution in [3.8, 4) is 5.75 Å². The molecule has 37 heavy (non-hydrogen) atoms. The summed E-state index contributed by atoms with van der Waals surface area (Å²) >= 11 is 0. The van der Waals surface area contributed by atoms with E-state index in [1.165, 1.54) is 63.9 Å². The second-order valence-corrected chi connectivity index (χ2v) is 11.2. The average Bonchev–Trinajstić information content (AvgIpc) is 2.84. The van der Waals surface area contributed by atoms with Crippen molar-refractivity contribution < 1.29 is 27.8 Å². The monoisotopic (exact) mass is 510 g/mol. The van der Waals surface area contributed by atoms with Crippen LogP contribution < -0.4 is 0 Å². The van der Waals surface area contributed by atoms with Gasteiger partial charge in [-0.2, -0.15) is 13.2 Å². The molecule has 0 aromatic heterocycles. The number of allylic oxidation sites excluding steroid dienone is 3. The number of aromatic hydroxyl groups is 1. The number of alkyl halides is 3. The molecule has 0 amide bonds. The zero-order chi connectivity index (χ0) is 26.2. The number of carbonyl (C=O) groups excluding carboxylic acids is 1. The van der Waals surface area contributed by atoms with Crippen LogP contribution >= 0.6 is 0 Å². The van der Waals surface area contributed by atoms with E-state index in [4.69, 9.17) is 0 Å². The van der Waals surface area contributed by atoms with Crippen LogP contribution in [0.15, 0.2) is 60.7 Å². The molecule has 0 atom stereocenters. The van der Waals surface area contributed by atoms with Gasteiger partial charge in [0.2, 0.25) is 0 Å². The highest BCUT2D eigenvalue weighted by Gasteiger charge is 2.52. The predicted molar refractivity (Wildman–Crippen MR) is 137 cm³/mol. The smallest absolute Gasteiger partial charge is 0.416 e. The second-order valence-electron chi connectivity index (χ2n) is 11.2. The Balaban J connectivity index is 1.33. The van der Waals surface area contributed by atoms with Crippen LogP contribution in [0.25, 0.3) is 5.57 Å². The summed E-state index contributed by atoms with van der Waals surface area (Å²) in [5.74, 6) is 2.17. The van der Waals surface area contributed by atoms with Gasteiger partial charge in [0, 0.05) is 11.6 Å². The minimum absolute atomic E-state index is 0.118. The molecule has 1 N–H and O–H groups in total. The molecular formula is C31H33F3O3. The van der Waals surface area contributed by atoms with Crippen LogP contribution in [0.1, 0.15) is 67.2 Å². The van der Waals surface area contributed by atoms with Crippen molar-refractivity contribution in [1.82, 2.24) is 0 Å². The van der Waals surface area contributed by atoms with Crippen molar-refractivity contribution in [2.75, 3.05) is 7.11 Å². The highest BCUT2D eigenvalue weighted by Crippen LogP contribution is 2.61. The lowest BCUT2D eigenvalue weighted by Crippen LogP contribution is -2.48. The molecule has 0 spiro atoms. The molecule has 0 saturated heterocycles. The maximum atomic E-state index is 13.2. The molecule has 0 aliphatic heterocycles. The number of hydrogen-bond donors (Lipinski definition) is 1. The molecule has 4 fully saturated rings. The summed E-state index contributed by atoms with van der Waals surface area (Å²) in [6, 6.07) is 11.1. The summed E-state index contributed by atoms with van der Waals surface area (Å²) < 4.78 is 44.4. The third kappa shape index (κ3) is 5.48. The number of carbonyl (C=O) groups is 1. The SMILES string of the molecule is COC(=O)/C=C/C(=C/CCc1ccc(C23CC4CC(CC(C4)C2)C3)c(O)c1)c1cccc(C(F)(F)F)c1. The third-order valence-electron chi connectivity index (χ3n) is 8.59. The Labute approximate surface area is 216 Å². The molecule has 0 heterocycles. The van der Waals surface area contributed by atoms with Gasteiger partial charge in [-0.15, -0.1) is 0 Å². The quantitative estimate of drug-likeness (QED) is 0.237. The Bertz CT molecular complexity index is 1190. The summed E-state index contributed by atoms with van der Waals surface area (Å²) in [4.78, 5) is 11.6. The van der Waals surface area contributed by atoms with Crippen molar-refractivity contribution >= 4 is 11.5 Å². The zero-order valence-corrected chi connectivity index (χ0v) is 21.1. The first-order valence-electron chi connectivity index (χ1n) is 13.1. The number of halogens is 3. The molecule has 4 saturated carbocycles. The van der Waals surface area contributed by atoms with E-state index >= 15 is 0 Å². The van der Waals surface area contributed by atoms with E-state index in [0.717, 1.165) is 41.0 Å². The van der Waals surface area contributed by atoms with Gasteiger partial charge in [0.25, 0.3) is 0 Å². The normalized spacial score (nSPS) is 27.1. The minimum Gasteiger partial charge on any atom is -0.508 e. The number of phenols is 1. The first-order valence-corrected chi connectivity index (χ1v) is 13.1. The predicted octanol–water partition coefficient (Wildman–Crippen LogP) is 7.62. The molecule has 0 radical (unpaired) electrons. The lowest BCUT2D eigenvalue weighted by atomic mass is 9.48. The molecule has 196 valence electrons. The van der Waals surface area contributed by atoms with Gasteiger partial charge >= 0.3 is 12.1 Å². The van der Waals surface area contributed by atoms with Gasteiger partial charge in [0.15, 0.2) is 0 Å². The summed E-state index contributed by atoms with van der Waals surface area (Å²) in [6.45, 7) is 0. The number of phenolic OH excluding ortho intramolecular Hbond substituents is 1. The van der Waals surface area contributed by atoms with Gasteiger partial charge in [-0.25, -0.2) is 4.79 Å². The molecular weight excluding hydrogens is 477 g/mol. The topological polar surface area (TPSA) is 46.5 Å². The summed E-state index contributed by atoms with van der Waals surface area (Å²) in [6.07, 6.45) is 8.80. The first-order chi connectivity index (χ1) is 17.6. The van der Waals surface area contributed by atoms with Crippen molar-refractivity contribution in [2.24, 2.45) is 17.8 Å². The van der Waals surface area contributed by atoms with Crippen LogP contribution in [0.2, 0.25) is 0 Å². The van der Waals surface area contributed by atoms with Crippen LogP contribution in [0.3, 0.4) is 0 Å². The van der Waals surface area contributed by atoms with Crippen molar-refractivity contribution in [2.45, 2.75) is 63.0 Å². The molecule has 0 unspecified atom stereocenters. The Morgan fingerprint density at radius 3 is 2.30 bits per heavy atom. The fourth-order valence-corrected chi connectivity index (χ4v) is 7.40. The maximum Gasteiger partial charge on any atom is 0.416 e. The van der Waals surface area contributed by atoms with E-state index in [1.807, 2.05) is 12.1 Å². The van der Waals surface area contributed by atoms with E-state index in [9.17, 15) is 23.1 Å². The lowest BCUT2D eigenvalue weighted by Gasteiger charge is -2.57. The molecule has 6 rings (SSSR count). The second kappa shape index (κ2) is 10.0. The maximum absolute atomic E-state index is 13.2. The van der Waals surface area contributed by atoms with E-state index in [-0.39, 0.29) is 5.41 Å².